The maximum Gasteiger partial charge on any atom is 0.204 e. The third-order valence-electron chi connectivity index (χ3n) is 10.9. The van der Waals surface area contributed by atoms with Crippen molar-refractivity contribution in [2.75, 3.05) is 41.7 Å². The van der Waals surface area contributed by atoms with E-state index in [4.69, 9.17) is 28.4 Å². The molecule has 0 heterocycles. The molecule has 0 bridgehead atoms. The Balaban J connectivity index is 1.67. The summed E-state index contributed by atoms with van der Waals surface area (Å²) in [5, 5.41) is 0. The highest BCUT2D eigenvalue weighted by molar-refractivity contribution is 5.94. The monoisotopic (exact) mass is 746 g/mol. The number of Topliss-reactive ketones (excluding diaryl/α,β-unsaturated/α-hetero) is 1. The van der Waals surface area contributed by atoms with E-state index in [1.807, 2.05) is 41.5 Å². The van der Waals surface area contributed by atoms with E-state index in [-0.39, 0.29) is 29.3 Å². The number of rotatable bonds is 18. The molecule has 7 nitrogen and oxygen atoms in total. The van der Waals surface area contributed by atoms with Gasteiger partial charge >= 0.3 is 0 Å². The lowest BCUT2D eigenvalue weighted by Gasteiger charge is -2.28. The molecule has 0 saturated carbocycles. The highest BCUT2D eigenvalue weighted by Gasteiger charge is 2.35. The minimum Gasteiger partial charge on any atom is -0.492 e. The number of ether oxygens (including phenoxy) is 6. The average Bonchev–Trinajstić information content (AvgIpc) is 3.16. The molecule has 0 saturated heterocycles. The van der Waals surface area contributed by atoms with Gasteiger partial charge in [0.05, 0.1) is 41.7 Å². The van der Waals surface area contributed by atoms with E-state index in [0.717, 1.165) is 44.5 Å². The molecule has 4 rings (SSSR count). The average molecular weight is 747 g/mol. The largest absolute Gasteiger partial charge is 0.492 e. The van der Waals surface area contributed by atoms with Crippen molar-refractivity contribution in [2.45, 2.75) is 91.9 Å². The minimum atomic E-state index is -0.604. The highest BCUT2D eigenvalue weighted by atomic mass is 19.1. The van der Waals surface area contributed by atoms with E-state index in [1.165, 1.54) is 24.3 Å². The van der Waals surface area contributed by atoms with Crippen LogP contribution in [-0.4, -0.2) is 47.4 Å². The van der Waals surface area contributed by atoms with E-state index in [0.29, 0.717) is 60.6 Å². The van der Waals surface area contributed by atoms with Crippen molar-refractivity contribution in [1.82, 2.24) is 0 Å². The van der Waals surface area contributed by atoms with Crippen molar-refractivity contribution in [3.63, 3.8) is 0 Å². The number of hydrogen-bond donors (Lipinski definition) is 0. The van der Waals surface area contributed by atoms with Gasteiger partial charge in [0.25, 0.3) is 0 Å². The van der Waals surface area contributed by atoms with Gasteiger partial charge in [-0.15, -0.1) is 0 Å². The highest BCUT2D eigenvalue weighted by Crippen LogP contribution is 2.51. The van der Waals surface area contributed by atoms with Crippen LogP contribution in [-0.2, 0) is 4.79 Å². The van der Waals surface area contributed by atoms with Gasteiger partial charge in [-0.3, -0.25) is 4.79 Å². The SMILES string of the molecule is COc1c(C)c(C)c(C(C)C(=O)C(C)c2c(C)c(C)c(OC)c(OCCC(C)c3ccc(F)cc3)c2OC)c(OC)c1OCCC(C)c1ccc(F)cc1. The third kappa shape index (κ3) is 8.77. The molecule has 4 unspecified atom stereocenters. The molecule has 0 aliphatic carbocycles. The molecular weight excluding hydrogens is 690 g/mol. The Labute approximate surface area is 319 Å². The van der Waals surface area contributed by atoms with Crippen LogP contribution in [0.1, 0.15) is 109 Å². The fourth-order valence-corrected chi connectivity index (χ4v) is 7.33. The summed E-state index contributed by atoms with van der Waals surface area (Å²) in [7, 11) is 6.33. The van der Waals surface area contributed by atoms with Crippen LogP contribution in [0.4, 0.5) is 8.78 Å². The number of methoxy groups -OCH3 is 4. The van der Waals surface area contributed by atoms with Crippen LogP contribution < -0.4 is 28.4 Å². The summed E-state index contributed by atoms with van der Waals surface area (Å²) in [6, 6.07) is 13.0. The number of halogens is 2. The number of ketones is 1. The Kier molecular flexibility index (Phi) is 14.4. The second-order valence-corrected chi connectivity index (χ2v) is 14.1. The molecule has 0 aliphatic rings. The molecule has 292 valence electrons. The molecule has 4 aromatic carbocycles. The molecule has 0 aromatic heterocycles. The van der Waals surface area contributed by atoms with Crippen LogP contribution in [0.2, 0.25) is 0 Å². The summed E-state index contributed by atoms with van der Waals surface area (Å²) in [5.74, 6) is 1.33. The van der Waals surface area contributed by atoms with Crippen molar-refractivity contribution in [2.24, 2.45) is 0 Å². The lowest BCUT2D eigenvalue weighted by molar-refractivity contribution is -0.121. The topological polar surface area (TPSA) is 72.5 Å². The van der Waals surface area contributed by atoms with Crippen LogP contribution in [0.5, 0.6) is 34.5 Å². The van der Waals surface area contributed by atoms with E-state index >= 15 is 0 Å². The predicted octanol–water partition coefficient (Wildman–Crippen LogP) is 10.9. The lowest BCUT2D eigenvalue weighted by Crippen LogP contribution is -2.21. The molecule has 0 fully saturated rings. The standard InChI is InChI=1S/C45H56F2O7/c1-25(33-13-17-35(46)18-14-33)21-23-53-44-40(49-9)29(5)27(3)37(42(44)51-11)31(7)39(48)32(8)38-28(4)30(6)41(50-10)45(43(38)52-12)54-24-22-26(2)34-15-19-36(47)20-16-34/h13-20,25-26,31-32H,21-24H2,1-12H3. The summed E-state index contributed by atoms with van der Waals surface area (Å²) in [4.78, 5) is 14.7. The Bertz CT molecular complexity index is 1770. The van der Waals surface area contributed by atoms with Crippen molar-refractivity contribution in [1.29, 1.82) is 0 Å². The first-order valence-corrected chi connectivity index (χ1v) is 18.5. The summed E-state index contributed by atoms with van der Waals surface area (Å²) in [6.07, 6.45) is 1.33. The second-order valence-electron chi connectivity index (χ2n) is 14.1. The van der Waals surface area contributed by atoms with Gasteiger partial charge in [0.1, 0.15) is 17.4 Å². The first kappa shape index (κ1) is 42.0. The molecule has 4 aromatic rings. The zero-order valence-electron chi connectivity index (χ0n) is 33.9. The normalized spacial score (nSPS) is 13.4. The van der Waals surface area contributed by atoms with Gasteiger partial charge in [0.15, 0.2) is 23.0 Å². The molecule has 0 spiro atoms. The fraction of sp³-hybridized carbons (Fsp3) is 0.444. The Morgan fingerprint density at radius 3 is 1.11 bits per heavy atom. The van der Waals surface area contributed by atoms with Crippen molar-refractivity contribution in [3.05, 3.63) is 105 Å². The molecule has 0 aliphatic heterocycles. The van der Waals surface area contributed by atoms with Gasteiger partial charge in [-0.1, -0.05) is 52.0 Å². The van der Waals surface area contributed by atoms with Crippen LogP contribution in [0, 0.1) is 39.3 Å². The number of benzene rings is 4. The van der Waals surface area contributed by atoms with Crippen molar-refractivity contribution < 1.29 is 42.0 Å². The smallest absolute Gasteiger partial charge is 0.204 e. The first-order valence-electron chi connectivity index (χ1n) is 18.5. The Morgan fingerprint density at radius 1 is 0.500 bits per heavy atom. The number of hydrogen-bond acceptors (Lipinski definition) is 7. The van der Waals surface area contributed by atoms with Gasteiger partial charge in [0.2, 0.25) is 11.5 Å². The van der Waals surface area contributed by atoms with Gasteiger partial charge in [-0.05, 0) is 110 Å². The zero-order valence-corrected chi connectivity index (χ0v) is 33.9. The van der Waals surface area contributed by atoms with E-state index in [1.54, 1.807) is 52.7 Å². The third-order valence-corrected chi connectivity index (χ3v) is 10.9. The molecule has 0 radical (unpaired) electrons. The quantitative estimate of drug-likeness (QED) is 0.100. The van der Waals surface area contributed by atoms with Gasteiger partial charge < -0.3 is 28.4 Å². The van der Waals surface area contributed by atoms with E-state index in [9.17, 15) is 13.6 Å². The number of carbonyl (C=O) groups is 1. The van der Waals surface area contributed by atoms with Crippen molar-refractivity contribution >= 4 is 5.78 Å². The first-order chi connectivity index (χ1) is 25.7. The minimum absolute atomic E-state index is 0.0429. The van der Waals surface area contributed by atoms with E-state index in [2.05, 4.69) is 13.8 Å². The van der Waals surface area contributed by atoms with Gasteiger partial charge in [0, 0.05) is 23.0 Å². The zero-order chi connectivity index (χ0) is 39.9. The van der Waals surface area contributed by atoms with E-state index < -0.39 is 11.8 Å². The predicted molar refractivity (Wildman–Crippen MR) is 210 cm³/mol. The maximum atomic E-state index is 14.7. The Morgan fingerprint density at radius 2 is 0.815 bits per heavy atom. The van der Waals surface area contributed by atoms with Crippen LogP contribution in [0.3, 0.4) is 0 Å². The molecule has 54 heavy (non-hydrogen) atoms. The Hall–Kier alpha value is -4.79. The summed E-state index contributed by atoms with van der Waals surface area (Å²) >= 11 is 0. The van der Waals surface area contributed by atoms with Crippen LogP contribution >= 0.6 is 0 Å². The fourth-order valence-electron chi connectivity index (χ4n) is 7.33. The maximum absolute atomic E-state index is 14.7. The summed E-state index contributed by atoms with van der Waals surface area (Å²) in [5.41, 5.74) is 6.92. The van der Waals surface area contributed by atoms with Gasteiger partial charge in [-0.2, -0.15) is 0 Å². The summed E-state index contributed by atoms with van der Waals surface area (Å²) in [6.45, 7) is 16.4. The van der Waals surface area contributed by atoms with Crippen LogP contribution in [0.15, 0.2) is 48.5 Å². The molecule has 9 heteroatoms. The summed E-state index contributed by atoms with van der Waals surface area (Å²) < 4.78 is 63.6. The number of carbonyl (C=O) groups excluding carboxylic acids is 1. The lowest BCUT2D eigenvalue weighted by atomic mass is 9.80. The molecule has 0 N–H and O–H groups in total. The molecule has 4 atom stereocenters. The molecule has 0 amide bonds. The van der Waals surface area contributed by atoms with Crippen LogP contribution in [0.25, 0.3) is 0 Å². The van der Waals surface area contributed by atoms with Crippen molar-refractivity contribution in [3.8, 4) is 34.5 Å². The molecular formula is C45H56F2O7. The second kappa shape index (κ2) is 18.5. The van der Waals surface area contributed by atoms with Gasteiger partial charge in [-0.25, -0.2) is 8.78 Å².